The van der Waals surface area contributed by atoms with Crippen molar-refractivity contribution in [2.45, 2.75) is 32.4 Å². The first kappa shape index (κ1) is 17.1. The van der Waals surface area contributed by atoms with Crippen LogP contribution in [0.4, 0.5) is 0 Å². The van der Waals surface area contributed by atoms with E-state index >= 15 is 0 Å². The predicted molar refractivity (Wildman–Crippen MR) is 130 cm³/mol. The third-order valence-corrected chi connectivity index (χ3v) is 6.07. The standard InChI is InChI=1S/C28H29NO4/c1-3-14-29-16-24(17-29)32-23-11-6-20(7-12-23)28-27(19-4-8-21(30)9-5-19)18(2)25-13-10-22(31)15-26(25)33-28/h4-13,15,24,28,30-31H,3,14,16-17H2,1-2H3/i1D,2D3. The van der Waals surface area contributed by atoms with Crippen LogP contribution >= 0.6 is 0 Å². The van der Waals surface area contributed by atoms with E-state index in [1.165, 1.54) is 24.3 Å². The normalized spacial score (nSPS) is 20.5. The van der Waals surface area contributed by atoms with Crippen molar-refractivity contribution in [2.75, 3.05) is 19.6 Å². The summed E-state index contributed by atoms with van der Waals surface area (Å²) in [5.41, 5.74) is 2.38. The van der Waals surface area contributed by atoms with Gasteiger partial charge < -0.3 is 19.7 Å². The predicted octanol–water partition coefficient (Wildman–Crippen LogP) is 5.64. The molecule has 3 aromatic carbocycles. The third kappa shape index (κ3) is 4.29. The fourth-order valence-corrected chi connectivity index (χ4v) is 4.37. The summed E-state index contributed by atoms with van der Waals surface area (Å²) in [6.45, 7) is 0.560. The molecule has 3 aromatic rings. The maximum Gasteiger partial charge on any atom is 0.150 e. The van der Waals surface area contributed by atoms with Gasteiger partial charge >= 0.3 is 0 Å². The molecule has 0 spiro atoms. The van der Waals surface area contributed by atoms with E-state index in [0.717, 1.165) is 31.6 Å². The summed E-state index contributed by atoms with van der Waals surface area (Å²) >= 11 is 0. The molecule has 5 nitrogen and oxygen atoms in total. The van der Waals surface area contributed by atoms with Crippen molar-refractivity contribution in [1.29, 1.82) is 0 Å². The van der Waals surface area contributed by atoms with Crippen LogP contribution in [-0.4, -0.2) is 40.9 Å². The molecule has 0 amide bonds. The molecule has 5 heteroatoms. The minimum Gasteiger partial charge on any atom is -0.508 e. The Bertz CT molecular complexity index is 1280. The zero-order valence-electron chi connectivity index (χ0n) is 22.2. The summed E-state index contributed by atoms with van der Waals surface area (Å²) in [4.78, 5) is 2.27. The molecule has 33 heavy (non-hydrogen) atoms. The van der Waals surface area contributed by atoms with Crippen molar-refractivity contribution in [3.63, 3.8) is 0 Å². The van der Waals surface area contributed by atoms with Crippen LogP contribution in [0.15, 0.2) is 66.7 Å². The maximum absolute atomic E-state index is 10.1. The lowest BCUT2D eigenvalue weighted by Crippen LogP contribution is -2.53. The number of fused-ring (bicyclic) bond motifs is 1. The first-order valence-corrected chi connectivity index (χ1v) is 11.1. The number of ether oxygens (including phenoxy) is 2. The number of phenolic OH excluding ortho intramolecular Hbond substituents is 2. The van der Waals surface area contributed by atoms with Gasteiger partial charge in [0.05, 0.1) is 0 Å². The molecule has 0 radical (unpaired) electrons. The van der Waals surface area contributed by atoms with Gasteiger partial charge in [0.15, 0.2) is 0 Å². The van der Waals surface area contributed by atoms with Crippen LogP contribution < -0.4 is 9.47 Å². The minimum atomic E-state index is -2.46. The second-order valence-electron chi connectivity index (χ2n) is 8.44. The van der Waals surface area contributed by atoms with E-state index in [4.69, 9.17) is 15.0 Å². The number of nitrogens with zero attached hydrogens (tertiary/aromatic N) is 1. The van der Waals surface area contributed by atoms with Gasteiger partial charge in [0.1, 0.15) is 35.2 Å². The van der Waals surface area contributed by atoms with Gasteiger partial charge in [-0.3, -0.25) is 4.90 Å². The molecule has 1 saturated heterocycles. The molecule has 5 rings (SSSR count). The summed E-state index contributed by atoms with van der Waals surface area (Å²) in [6.07, 6.45) is 0.207. The molecule has 1 unspecified atom stereocenters. The van der Waals surface area contributed by atoms with Crippen LogP contribution in [0.2, 0.25) is 0 Å². The van der Waals surface area contributed by atoms with Gasteiger partial charge in [-0.15, -0.1) is 0 Å². The van der Waals surface area contributed by atoms with Gasteiger partial charge in [-0.1, -0.05) is 31.2 Å². The van der Waals surface area contributed by atoms with E-state index in [1.54, 1.807) is 18.2 Å². The van der Waals surface area contributed by atoms with Crippen LogP contribution in [0.25, 0.3) is 11.1 Å². The van der Waals surface area contributed by atoms with Crippen molar-refractivity contribution in [3.05, 3.63) is 83.4 Å². The highest BCUT2D eigenvalue weighted by Crippen LogP contribution is 2.47. The molecule has 2 aliphatic rings. The number of likely N-dealkylation sites (tertiary alicyclic amines) is 1. The van der Waals surface area contributed by atoms with Crippen LogP contribution in [0.1, 0.15) is 48.4 Å². The van der Waals surface area contributed by atoms with Crippen molar-refractivity contribution >= 4 is 11.1 Å². The van der Waals surface area contributed by atoms with Gasteiger partial charge in [-0.25, -0.2) is 0 Å². The molecular formula is C28H29NO4. The molecule has 0 aromatic heterocycles. The number of benzene rings is 3. The average molecular weight is 448 g/mol. The Morgan fingerprint density at radius 2 is 1.76 bits per heavy atom. The Morgan fingerprint density at radius 3 is 2.48 bits per heavy atom. The summed E-state index contributed by atoms with van der Waals surface area (Å²) in [5.74, 6) is 1.07. The molecular weight excluding hydrogens is 414 g/mol. The van der Waals surface area contributed by atoms with Gasteiger partial charge in [0.2, 0.25) is 0 Å². The zero-order chi connectivity index (χ0) is 26.2. The Balaban J connectivity index is 1.49. The number of phenols is 2. The summed E-state index contributed by atoms with van der Waals surface area (Å²) in [5, 5.41) is 19.9. The van der Waals surface area contributed by atoms with Crippen molar-refractivity contribution in [2.24, 2.45) is 0 Å². The second-order valence-corrected chi connectivity index (χ2v) is 8.44. The minimum absolute atomic E-state index is 0.0171. The highest BCUT2D eigenvalue weighted by molar-refractivity contribution is 5.95. The lowest BCUT2D eigenvalue weighted by Gasteiger charge is -2.38. The largest absolute Gasteiger partial charge is 0.508 e. The Kier molecular flexibility index (Phi) is 4.57. The van der Waals surface area contributed by atoms with Crippen LogP contribution in [-0.2, 0) is 0 Å². The Labute approximate surface area is 200 Å². The third-order valence-electron chi connectivity index (χ3n) is 6.07. The average Bonchev–Trinajstić information content (AvgIpc) is 2.84. The summed E-state index contributed by atoms with van der Waals surface area (Å²) in [6, 6.07) is 18.3. The number of allylic oxidation sites excluding steroid dienone is 1. The number of aromatic hydroxyl groups is 2. The molecule has 2 heterocycles. The molecule has 2 N–H and O–H groups in total. The fraction of sp³-hybridized carbons (Fsp3) is 0.286. The molecule has 170 valence electrons. The quantitative estimate of drug-likeness (QED) is 0.512. The molecule has 0 bridgehead atoms. The lowest BCUT2D eigenvalue weighted by atomic mass is 9.86. The molecule has 1 fully saturated rings. The SMILES string of the molecule is [2H]CCCN1CC(Oc2ccc(C3Oc4cc(O)ccc4C(C([2H])([2H])[2H])=C3c3ccc(O)cc3)cc2)C1. The van der Waals surface area contributed by atoms with E-state index in [0.29, 0.717) is 35.1 Å². The summed E-state index contributed by atoms with van der Waals surface area (Å²) in [7, 11) is 0. The van der Waals surface area contributed by atoms with E-state index in [1.807, 2.05) is 24.3 Å². The van der Waals surface area contributed by atoms with Crippen molar-refractivity contribution in [3.8, 4) is 23.0 Å². The van der Waals surface area contributed by atoms with Crippen LogP contribution in [0, 0.1) is 0 Å². The lowest BCUT2D eigenvalue weighted by molar-refractivity contribution is 0.0202. The topological polar surface area (TPSA) is 62.2 Å². The zero-order valence-corrected chi connectivity index (χ0v) is 18.2. The molecule has 1 atom stereocenters. The second kappa shape index (κ2) is 8.83. The van der Waals surface area contributed by atoms with Crippen LogP contribution in [0.5, 0.6) is 23.0 Å². The van der Waals surface area contributed by atoms with Crippen LogP contribution in [0.3, 0.4) is 0 Å². The van der Waals surface area contributed by atoms with E-state index in [-0.39, 0.29) is 23.2 Å². The summed E-state index contributed by atoms with van der Waals surface area (Å²) < 4.78 is 44.8. The van der Waals surface area contributed by atoms with E-state index < -0.39 is 13.0 Å². The van der Waals surface area contributed by atoms with Crippen molar-refractivity contribution in [1.82, 2.24) is 4.90 Å². The first-order chi connectivity index (χ1) is 17.7. The van der Waals surface area contributed by atoms with Gasteiger partial charge in [-0.2, -0.15) is 0 Å². The number of rotatable bonds is 6. The van der Waals surface area contributed by atoms with Gasteiger partial charge in [0, 0.05) is 35.8 Å². The first-order valence-electron chi connectivity index (χ1n) is 13.3. The number of hydrogen-bond donors (Lipinski definition) is 2. The Morgan fingerprint density at radius 1 is 1.00 bits per heavy atom. The van der Waals surface area contributed by atoms with E-state index in [9.17, 15) is 10.2 Å². The molecule has 0 saturated carbocycles. The molecule has 2 aliphatic heterocycles. The van der Waals surface area contributed by atoms with E-state index in [2.05, 4.69) is 4.90 Å². The smallest absolute Gasteiger partial charge is 0.150 e. The van der Waals surface area contributed by atoms with Gasteiger partial charge in [-0.05, 0) is 72.9 Å². The molecule has 0 aliphatic carbocycles. The van der Waals surface area contributed by atoms with Crippen molar-refractivity contribution < 1.29 is 25.2 Å². The highest BCUT2D eigenvalue weighted by Gasteiger charge is 2.30. The number of hydrogen-bond acceptors (Lipinski definition) is 5. The monoisotopic (exact) mass is 447 g/mol. The fourth-order valence-electron chi connectivity index (χ4n) is 4.37. The Hall–Kier alpha value is -3.44. The maximum atomic E-state index is 10.1. The van der Waals surface area contributed by atoms with Gasteiger partial charge in [0.25, 0.3) is 0 Å². The highest BCUT2D eigenvalue weighted by atomic mass is 16.5.